The van der Waals surface area contributed by atoms with E-state index >= 15 is 0 Å². The number of hydrogen-bond acceptors (Lipinski definition) is 5. The molecule has 1 heterocycles. The highest BCUT2D eigenvalue weighted by atomic mass is 35.5. The number of esters is 1. The van der Waals surface area contributed by atoms with E-state index in [1.54, 1.807) is 19.9 Å². The van der Waals surface area contributed by atoms with E-state index in [0.29, 0.717) is 21.8 Å². The van der Waals surface area contributed by atoms with Crippen molar-refractivity contribution in [1.82, 2.24) is 4.98 Å². The Bertz CT molecular complexity index is 873. The fraction of sp³-hybridized carbons (Fsp3) is 0.278. The van der Waals surface area contributed by atoms with Crippen molar-refractivity contribution in [2.45, 2.75) is 20.8 Å². The molecule has 0 aliphatic carbocycles. The van der Waals surface area contributed by atoms with E-state index in [4.69, 9.17) is 32.7 Å². The van der Waals surface area contributed by atoms with Gasteiger partial charge in [0.25, 0.3) is 0 Å². The van der Waals surface area contributed by atoms with Gasteiger partial charge in [-0.1, -0.05) is 23.2 Å². The molecule has 0 unspecified atom stereocenters. The van der Waals surface area contributed by atoms with Crippen LogP contribution in [-0.2, 0) is 9.53 Å². The van der Waals surface area contributed by atoms with Crippen molar-refractivity contribution in [2.24, 2.45) is 0 Å². The van der Waals surface area contributed by atoms with Crippen LogP contribution < -0.4 is 4.74 Å². The van der Waals surface area contributed by atoms with Crippen LogP contribution in [0.1, 0.15) is 39.0 Å². The lowest BCUT2D eigenvalue weighted by molar-refractivity contribution is -0.144. The molecule has 0 saturated heterocycles. The summed E-state index contributed by atoms with van der Waals surface area (Å²) in [5.41, 5.74) is 1.87. The van der Waals surface area contributed by atoms with E-state index in [2.05, 4.69) is 4.98 Å². The number of rotatable bonds is 7. The SMILES string of the molecule is CC(=O)c1c(C)[nH]c(C(=O)COC(=O)COc2ccc(Cl)cc2Cl)c1C. The first-order valence-corrected chi connectivity index (χ1v) is 8.43. The number of hydrogen-bond donors (Lipinski definition) is 1. The summed E-state index contributed by atoms with van der Waals surface area (Å²) in [6, 6.07) is 4.58. The van der Waals surface area contributed by atoms with Gasteiger partial charge in [-0.15, -0.1) is 0 Å². The molecule has 0 amide bonds. The number of aryl methyl sites for hydroxylation is 1. The highest BCUT2D eigenvalue weighted by Gasteiger charge is 2.20. The first kappa shape index (κ1) is 20.0. The minimum Gasteiger partial charge on any atom is -0.480 e. The van der Waals surface area contributed by atoms with E-state index in [1.165, 1.54) is 19.1 Å². The third kappa shape index (κ3) is 4.65. The van der Waals surface area contributed by atoms with Gasteiger partial charge in [-0.3, -0.25) is 9.59 Å². The number of ether oxygens (including phenoxy) is 2. The van der Waals surface area contributed by atoms with Gasteiger partial charge in [0.2, 0.25) is 5.78 Å². The molecule has 0 aliphatic heterocycles. The molecule has 0 saturated carbocycles. The minimum atomic E-state index is -0.725. The quantitative estimate of drug-likeness (QED) is 0.564. The Balaban J connectivity index is 1.92. The van der Waals surface area contributed by atoms with Crippen LogP contribution in [0.3, 0.4) is 0 Å². The molecule has 138 valence electrons. The first-order chi connectivity index (χ1) is 12.2. The van der Waals surface area contributed by atoms with Gasteiger partial charge in [-0.2, -0.15) is 0 Å². The van der Waals surface area contributed by atoms with Gasteiger partial charge in [0.1, 0.15) is 5.75 Å². The van der Waals surface area contributed by atoms with Gasteiger partial charge in [0.05, 0.1) is 10.7 Å². The number of ketones is 2. The van der Waals surface area contributed by atoms with Crippen LogP contribution in [0.5, 0.6) is 5.75 Å². The molecule has 8 heteroatoms. The van der Waals surface area contributed by atoms with Gasteiger partial charge in [-0.25, -0.2) is 4.79 Å². The summed E-state index contributed by atoms with van der Waals surface area (Å²) in [6.45, 7) is 3.93. The van der Waals surface area contributed by atoms with E-state index in [0.717, 1.165) is 0 Å². The second-order valence-electron chi connectivity index (χ2n) is 5.63. The number of carbonyl (C=O) groups excluding carboxylic acids is 3. The fourth-order valence-corrected chi connectivity index (χ4v) is 3.01. The third-order valence-corrected chi connectivity index (χ3v) is 4.20. The Morgan fingerprint density at radius 2 is 1.81 bits per heavy atom. The monoisotopic (exact) mass is 397 g/mol. The number of Topliss-reactive ketones (excluding diaryl/α,β-unsaturated/α-hetero) is 2. The molecule has 0 fully saturated rings. The topological polar surface area (TPSA) is 85.5 Å². The van der Waals surface area contributed by atoms with Gasteiger partial charge >= 0.3 is 5.97 Å². The summed E-state index contributed by atoms with van der Waals surface area (Å²) >= 11 is 11.7. The molecular formula is C18H17Cl2NO5. The number of halogens is 2. The van der Waals surface area contributed by atoms with Gasteiger partial charge in [-0.05, 0) is 44.5 Å². The summed E-state index contributed by atoms with van der Waals surface area (Å²) in [6.07, 6.45) is 0. The van der Waals surface area contributed by atoms with Crippen LogP contribution in [0.15, 0.2) is 18.2 Å². The van der Waals surface area contributed by atoms with E-state index in [-0.39, 0.29) is 22.2 Å². The fourth-order valence-electron chi connectivity index (χ4n) is 2.55. The van der Waals surface area contributed by atoms with Crippen molar-refractivity contribution < 1.29 is 23.9 Å². The number of aromatic nitrogens is 1. The van der Waals surface area contributed by atoms with Crippen molar-refractivity contribution in [1.29, 1.82) is 0 Å². The lowest BCUT2D eigenvalue weighted by Crippen LogP contribution is -2.20. The number of H-pyrrole nitrogens is 1. The van der Waals surface area contributed by atoms with Crippen LogP contribution in [0.2, 0.25) is 10.0 Å². The number of aromatic amines is 1. The molecule has 0 aliphatic rings. The number of benzene rings is 1. The zero-order chi connectivity index (χ0) is 19.4. The Kier molecular flexibility index (Phi) is 6.45. The first-order valence-electron chi connectivity index (χ1n) is 7.67. The second kappa shape index (κ2) is 8.38. The smallest absolute Gasteiger partial charge is 0.344 e. The number of nitrogens with one attached hydrogen (secondary N) is 1. The molecule has 6 nitrogen and oxygen atoms in total. The molecule has 2 rings (SSSR count). The van der Waals surface area contributed by atoms with Crippen molar-refractivity contribution in [3.05, 3.63) is 50.8 Å². The maximum absolute atomic E-state index is 12.2. The van der Waals surface area contributed by atoms with Gasteiger partial charge in [0.15, 0.2) is 19.0 Å². The highest BCUT2D eigenvalue weighted by Crippen LogP contribution is 2.27. The van der Waals surface area contributed by atoms with Crippen molar-refractivity contribution in [2.75, 3.05) is 13.2 Å². The molecule has 2 aromatic rings. The Morgan fingerprint density at radius 1 is 1.12 bits per heavy atom. The van der Waals surface area contributed by atoms with E-state index < -0.39 is 25.0 Å². The average Bonchev–Trinajstić information content (AvgIpc) is 2.86. The Morgan fingerprint density at radius 3 is 2.38 bits per heavy atom. The van der Waals surface area contributed by atoms with Crippen LogP contribution in [-0.4, -0.2) is 35.7 Å². The average molecular weight is 398 g/mol. The molecule has 1 aromatic carbocycles. The standard InChI is InChI=1S/C18H17Cl2NO5/c1-9-17(11(3)22)10(2)21-18(9)14(23)7-26-16(24)8-25-15-5-4-12(19)6-13(15)20/h4-6,21H,7-8H2,1-3H3. The maximum Gasteiger partial charge on any atom is 0.344 e. The molecule has 1 N–H and O–H groups in total. The second-order valence-corrected chi connectivity index (χ2v) is 6.47. The Hall–Kier alpha value is -2.31. The summed E-state index contributed by atoms with van der Waals surface area (Å²) < 4.78 is 10.2. The molecule has 0 radical (unpaired) electrons. The van der Waals surface area contributed by atoms with Gasteiger partial charge in [0, 0.05) is 16.3 Å². The van der Waals surface area contributed by atoms with Crippen LogP contribution >= 0.6 is 23.2 Å². The van der Waals surface area contributed by atoms with Crippen LogP contribution in [0, 0.1) is 13.8 Å². The largest absolute Gasteiger partial charge is 0.480 e. The predicted molar refractivity (Wildman–Crippen MR) is 97.5 cm³/mol. The normalized spacial score (nSPS) is 10.5. The highest BCUT2D eigenvalue weighted by molar-refractivity contribution is 6.35. The summed E-state index contributed by atoms with van der Waals surface area (Å²) in [7, 11) is 0. The number of carbonyl (C=O) groups is 3. The lowest BCUT2D eigenvalue weighted by Gasteiger charge is -2.08. The summed E-state index contributed by atoms with van der Waals surface area (Å²) in [5, 5.41) is 0.702. The van der Waals surface area contributed by atoms with Crippen LogP contribution in [0.25, 0.3) is 0 Å². The van der Waals surface area contributed by atoms with Crippen molar-refractivity contribution in [3.63, 3.8) is 0 Å². The summed E-state index contributed by atoms with van der Waals surface area (Å²) in [5.74, 6) is -1.02. The maximum atomic E-state index is 12.2. The van der Waals surface area contributed by atoms with Gasteiger partial charge < -0.3 is 14.5 Å². The zero-order valence-corrected chi connectivity index (χ0v) is 16.0. The van der Waals surface area contributed by atoms with E-state index in [9.17, 15) is 14.4 Å². The zero-order valence-electron chi connectivity index (χ0n) is 14.4. The molecular weight excluding hydrogens is 381 g/mol. The molecule has 0 bridgehead atoms. The predicted octanol–water partition coefficient (Wildman–Crippen LogP) is 3.95. The van der Waals surface area contributed by atoms with E-state index in [1.807, 2.05) is 0 Å². The molecule has 1 aromatic heterocycles. The minimum absolute atomic E-state index is 0.138. The van der Waals surface area contributed by atoms with Crippen molar-refractivity contribution in [3.8, 4) is 5.75 Å². The lowest BCUT2D eigenvalue weighted by atomic mass is 10.1. The third-order valence-electron chi connectivity index (χ3n) is 3.67. The molecule has 26 heavy (non-hydrogen) atoms. The summed E-state index contributed by atoms with van der Waals surface area (Å²) in [4.78, 5) is 38.5. The van der Waals surface area contributed by atoms with Crippen molar-refractivity contribution >= 4 is 40.7 Å². The molecule has 0 atom stereocenters. The molecule has 0 spiro atoms. The Labute approximate surface area is 160 Å². The van der Waals surface area contributed by atoms with Crippen LogP contribution in [0.4, 0.5) is 0 Å².